The van der Waals surface area contributed by atoms with Gasteiger partial charge in [-0.15, -0.1) is 0 Å². The molecule has 2 amide bonds. The van der Waals surface area contributed by atoms with Crippen LogP contribution in [0.25, 0.3) is 0 Å². The van der Waals surface area contributed by atoms with Gasteiger partial charge in [0.1, 0.15) is 0 Å². The second kappa shape index (κ2) is 12.9. The van der Waals surface area contributed by atoms with Gasteiger partial charge in [0.15, 0.2) is 17.3 Å². The van der Waals surface area contributed by atoms with Crippen molar-refractivity contribution in [1.29, 1.82) is 0 Å². The number of benzene rings is 1. The molecule has 2 rings (SSSR count). The first-order valence-electron chi connectivity index (χ1n) is 11.0. The molecule has 1 fully saturated rings. The zero-order chi connectivity index (χ0) is 22.6. The molecular weight excluding hydrogens is 398 g/mol. The molecule has 1 aliphatic heterocycles. The van der Waals surface area contributed by atoms with Gasteiger partial charge in [-0.2, -0.15) is 0 Å². The zero-order valence-corrected chi connectivity index (χ0v) is 18.9. The summed E-state index contributed by atoms with van der Waals surface area (Å²) >= 11 is 0. The number of nitrogens with one attached hydrogen (secondary N) is 2. The first-order valence-corrected chi connectivity index (χ1v) is 11.0. The third-order valence-electron chi connectivity index (χ3n) is 5.27. The fourth-order valence-electron chi connectivity index (χ4n) is 3.48. The Balaban J connectivity index is 1.64. The van der Waals surface area contributed by atoms with Crippen molar-refractivity contribution in [2.75, 3.05) is 39.9 Å². The number of methoxy groups -OCH3 is 1. The minimum Gasteiger partial charge on any atom is -0.493 e. The predicted molar refractivity (Wildman–Crippen MR) is 119 cm³/mol. The first-order chi connectivity index (χ1) is 14.9. The van der Waals surface area contributed by atoms with Crippen LogP contribution in [0.4, 0.5) is 0 Å². The van der Waals surface area contributed by atoms with E-state index in [2.05, 4.69) is 15.5 Å². The van der Waals surface area contributed by atoms with Crippen LogP contribution in [0, 0.1) is 0 Å². The largest absolute Gasteiger partial charge is 0.493 e. The molecule has 0 aliphatic carbocycles. The summed E-state index contributed by atoms with van der Waals surface area (Å²) in [6.07, 6.45) is 3.60. The summed E-state index contributed by atoms with van der Waals surface area (Å²) in [5.74, 6) is 1.11. The summed E-state index contributed by atoms with van der Waals surface area (Å²) in [4.78, 5) is 37.6. The highest BCUT2D eigenvalue weighted by atomic mass is 16.5. The number of piperidine rings is 1. The smallest absolute Gasteiger partial charge is 0.234 e. The third kappa shape index (κ3) is 8.57. The number of ether oxygens (including phenoxy) is 2. The van der Waals surface area contributed by atoms with E-state index in [1.807, 2.05) is 6.92 Å². The van der Waals surface area contributed by atoms with Crippen LogP contribution in [-0.4, -0.2) is 68.4 Å². The predicted octanol–water partition coefficient (Wildman–Crippen LogP) is 2.16. The van der Waals surface area contributed by atoms with E-state index < -0.39 is 0 Å². The second-order valence-corrected chi connectivity index (χ2v) is 7.84. The second-order valence-electron chi connectivity index (χ2n) is 7.84. The molecule has 0 saturated carbocycles. The summed E-state index contributed by atoms with van der Waals surface area (Å²) < 4.78 is 11.0. The van der Waals surface area contributed by atoms with Crippen molar-refractivity contribution in [2.45, 2.75) is 52.0 Å². The molecule has 31 heavy (non-hydrogen) atoms. The van der Waals surface area contributed by atoms with E-state index in [0.29, 0.717) is 49.6 Å². The number of ketones is 1. The fourth-order valence-corrected chi connectivity index (χ4v) is 3.48. The number of amides is 2. The Morgan fingerprint density at radius 2 is 1.87 bits per heavy atom. The Hall–Kier alpha value is -2.61. The molecule has 1 aromatic rings. The molecule has 1 aromatic carbocycles. The molecule has 2 N–H and O–H groups in total. The quantitative estimate of drug-likeness (QED) is 0.387. The highest BCUT2D eigenvalue weighted by Crippen LogP contribution is 2.28. The van der Waals surface area contributed by atoms with Gasteiger partial charge in [0.25, 0.3) is 0 Å². The Bertz CT molecular complexity index is 745. The number of nitrogens with zero attached hydrogens (tertiary/aromatic N) is 1. The molecule has 0 radical (unpaired) electrons. The minimum atomic E-state index is -0.0351. The van der Waals surface area contributed by atoms with Crippen LogP contribution >= 0.6 is 0 Å². The highest BCUT2D eigenvalue weighted by molar-refractivity contribution is 5.94. The summed E-state index contributed by atoms with van der Waals surface area (Å²) in [7, 11) is 1.53. The van der Waals surface area contributed by atoms with Crippen molar-refractivity contribution >= 4 is 17.6 Å². The van der Waals surface area contributed by atoms with Crippen LogP contribution in [0.1, 0.15) is 56.3 Å². The molecule has 172 valence electrons. The Kier molecular flexibility index (Phi) is 10.3. The van der Waals surface area contributed by atoms with Gasteiger partial charge in [-0.3, -0.25) is 19.3 Å². The van der Waals surface area contributed by atoms with E-state index in [1.165, 1.54) is 14.0 Å². The molecule has 8 heteroatoms. The molecule has 0 aromatic heterocycles. The number of hydrogen-bond donors (Lipinski definition) is 2. The monoisotopic (exact) mass is 433 g/mol. The van der Waals surface area contributed by atoms with Crippen LogP contribution < -0.4 is 20.1 Å². The van der Waals surface area contributed by atoms with Crippen molar-refractivity contribution in [3.05, 3.63) is 23.8 Å². The standard InChI is InChI=1S/C23H35N3O5/c1-4-11-24-23(29)16-26-12-9-19(10-13-26)25-22(28)6-5-14-31-20-8-7-18(17(2)27)15-21(20)30-3/h7-8,15,19H,4-6,9-14,16H2,1-3H3,(H,24,29)(H,25,28). The number of hydrogen-bond acceptors (Lipinski definition) is 6. The lowest BCUT2D eigenvalue weighted by atomic mass is 10.0. The van der Waals surface area contributed by atoms with Gasteiger partial charge >= 0.3 is 0 Å². The van der Waals surface area contributed by atoms with Crippen LogP contribution in [0.5, 0.6) is 11.5 Å². The maximum Gasteiger partial charge on any atom is 0.234 e. The summed E-state index contributed by atoms with van der Waals surface area (Å²) in [5.41, 5.74) is 0.566. The Labute approximate surface area is 184 Å². The fraction of sp³-hybridized carbons (Fsp3) is 0.609. The number of Topliss-reactive ketones (excluding diaryl/α,β-unsaturated/α-hetero) is 1. The zero-order valence-electron chi connectivity index (χ0n) is 18.9. The topological polar surface area (TPSA) is 97.0 Å². The van der Waals surface area contributed by atoms with Crippen molar-refractivity contribution in [1.82, 2.24) is 15.5 Å². The van der Waals surface area contributed by atoms with E-state index in [4.69, 9.17) is 9.47 Å². The average molecular weight is 434 g/mol. The Morgan fingerprint density at radius 3 is 2.52 bits per heavy atom. The number of rotatable bonds is 12. The lowest BCUT2D eigenvalue weighted by Crippen LogP contribution is -2.47. The van der Waals surface area contributed by atoms with Gasteiger partial charge in [0, 0.05) is 37.7 Å². The molecule has 0 unspecified atom stereocenters. The van der Waals surface area contributed by atoms with E-state index >= 15 is 0 Å². The van der Waals surface area contributed by atoms with E-state index in [-0.39, 0.29) is 23.6 Å². The third-order valence-corrected chi connectivity index (χ3v) is 5.27. The van der Waals surface area contributed by atoms with Crippen LogP contribution in [0.3, 0.4) is 0 Å². The van der Waals surface area contributed by atoms with Crippen LogP contribution in [0.15, 0.2) is 18.2 Å². The van der Waals surface area contributed by atoms with Crippen molar-refractivity contribution in [3.63, 3.8) is 0 Å². The van der Waals surface area contributed by atoms with E-state index in [0.717, 1.165) is 32.4 Å². The molecule has 1 heterocycles. The van der Waals surface area contributed by atoms with Gasteiger partial charge in [-0.1, -0.05) is 6.92 Å². The molecule has 1 aliphatic rings. The SMILES string of the molecule is CCCNC(=O)CN1CCC(NC(=O)CCCOc2ccc(C(C)=O)cc2OC)CC1. The van der Waals surface area contributed by atoms with Crippen LogP contribution in [-0.2, 0) is 9.59 Å². The molecule has 1 saturated heterocycles. The number of likely N-dealkylation sites (tertiary alicyclic amines) is 1. The lowest BCUT2D eigenvalue weighted by molar-refractivity contribution is -0.124. The van der Waals surface area contributed by atoms with Crippen molar-refractivity contribution in [2.24, 2.45) is 0 Å². The molecule has 0 atom stereocenters. The summed E-state index contributed by atoms with van der Waals surface area (Å²) in [6, 6.07) is 5.23. The van der Waals surface area contributed by atoms with Gasteiger partial charge in [-0.05, 0) is 50.8 Å². The van der Waals surface area contributed by atoms with Gasteiger partial charge < -0.3 is 20.1 Å². The first kappa shape index (κ1) is 24.7. The van der Waals surface area contributed by atoms with Gasteiger partial charge in [0.2, 0.25) is 11.8 Å². The average Bonchev–Trinajstić information content (AvgIpc) is 2.76. The summed E-state index contributed by atoms with van der Waals surface area (Å²) in [6.45, 7) is 6.68. The van der Waals surface area contributed by atoms with E-state index in [9.17, 15) is 14.4 Å². The van der Waals surface area contributed by atoms with Crippen LogP contribution in [0.2, 0.25) is 0 Å². The number of carbonyl (C=O) groups excluding carboxylic acids is 3. The van der Waals surface area contributed by atoms with Crippen molar-refractivity contribution < 1.29 is 23.9 Å². The maximum atomic E-state index is 12.2. The van der Waals surface area contributed by atoms with Gasteiger partial charge in [-0.25, -0.2) is 0 Å². The molecule has 0 bridgehead atoms. The minimum absolute atomic E-state index is 0.0154. The molecular formula is C23H35N3O5. The Morgan fingerprint density at radius 1 is 1.13 bits per heavy atom. The summed E-state index contributed by atoms with van der Waals surface area (Å²) in [5, 5.41) is 5.98. The number of carbonyl (C=O) groups is 3. The lowest BCUT2D eigenvalue weighted by Gasteiger charge is -2.31. The normalized spacial score (nSPS) is 14.7. The van der Waals surface area contributed by atoms with Gasteiger partial charge in [0.05, 0.1) is 20.3 Å². The molecule has 8 nitrogen and oxygen atoms in total. The molecule has 0 spiro atoms. The van der Waals surface area contributed by atoms with Crippen molar-refractivity contribution in [3.8, 4) is 11.5 Å². The highest BCUT2D eigenvalue weighted by Gasteiger charge is 2.21. The maximum absolute atomic E-state index is 12.2. The van der Waals surface area contributed by atoms with E-state index in [1.54, 1.807) is 18.2 Å².